The van der Waals surface area contributed by atoms with Crippen molar-refractivity contribution in [3.8, 4) is 0 Å². The molecule has 0 atom stereocenters. The number of nitrogens with zero attached hydrogens (tertiary/aromatic N) is 3. The van der Waals surface area contributed by atoms with Gasteiger partial charge in [0.2, 0.25) is 5.95 Å². The van der Waals surface area contributed by atoms with Crippen LogP contribution in [-0.4, -0.2) is 42.6 Å². The number of alkyl halides is 3. The number of aromatic nitrogens is 2. The summed E-state index contributed by atoms with van der Waals surface area (Å²) in [6.45, 7) is 2.62. The quantitative estimate of drug-likeness (QED) is 0.634. The molecule has 1 aromatic carbocycles. The Hall–Kier alpha value is -2.91. The van der Waals surface area contributed by atoms with Crippen molar-refractivity contribution < 1.29 is 22.4 Å². The average molecular weight is 453 g/mol. The topological polar surface area (TPSA) is 70.2 Å². The number of halogens is 4. The van der Waals surface area contributed by atoms with Gasteiger partial charge in [0.05, 0.1) is 5.56 Å². The minimum Gasteiger partial charge on any atom is -0.363 e. The second-order valence-electron chi connectivity index (χ2n) is 8.35. The summed E-state index contributed by atoms with van der Waals surface area (Å²) in [6, 6.07) is 4.04. The Morgan fingerprint density at radius 3 is 2.41 bits per heavy atom. The van der Waals surface area contributed by atoms with Crippen LogP contribution in [0.25, 0.3) is 0 Å². The molecule has 1 aromatic heterocycles. The molecule has 0 bridgehead atoms. The van der Waals surface area contributed by atoms with Gasteiger partial charge in [-0.1, -0.05) is 0 Å². The third-order valence-corrected chi connectivity index (χ3v) is 5.57. The second kappa shape index (κ2) is 9.70. The van der Waals surface area contributed by atoms with Crippen LogP contribution in [0.3, 0.4) is 0 Å². The number of benzene rings is 1. The summed E-state index contributed by atoms with van der Waals surface area (Å²) < 4.78 is 51.8. The lowest BCUT2D eigenvalue weighted by Gasteiger charge is -2.29. The maximum Gasteiger partial charge on any atom is 0.419 e. The standard InChI is InChI=1S/C22H27F4N5O/c1-13-10-19(31(2)3)30-21(28-13)27-12-14-4-7-16(8-5-14)29-20(32)15-6-9-17(18(23)11-15)22(24,25)26/h6,9-11,14,16H,4-5,7-8,12H2,1-3H3,(H,29,32)(H,27,28,30). The fourth-order valence-corrected chi connectivity index (χ4v) is 3.76. The van der Waals surface area contributed by atoms with Gasteiger partial charge in [-0.25, -0.2) is 9.37 Å². The maximum atomic E-state index is 13.7. The molecule has 10 heteroatoms. The molecule has 0 unspecified atom stereocenters. The molecule has 0 saturated heterocycles. The van der Waals surface area contributed by atoms with Crippen molar-refractivity contribution in [2.45, 2.75) is 44.8 Å². The summed E-state index contributed by atoms with van der Waals surface area (Å²) in [6.07, 6.45) is -1.59. The van der Waals surface area contributed by atoms with Crippen LogP contribution in [-0.2, 0) is 6.18 Å². The van der Waals surface area contributed by atoms with Gasteiger partial charge in [0, 0.05) is 44.0 Å². The van der Waals surface area contributed by atoms with Crippen LogP contribution in [0.5, 0.6) is 0 Å². The fraction of sp³-hybridized carbons (Fsp3) is 0.500. The fourth-order valence-electron chi connectivity index (χ4n) is 3.76. The molecule has 2 N–H and O–H groups in total. The van der Waals surface area contributed by atoms with Crippen LogP contribution in [0.4, 0.5) is 29.3 Å². The smallest absolute Gasteiger partial charge is 0.363 e. The number of anilines is 2. The molecule has 1 fully saturated rings. The molecule has 32 heavy (non-hydrogen) atoms. The van der Waals surface area contributed by atoms with E-state index in [1.165, 1.54) is 0 Å². The van der Waals surface area contributed by atoms with Crippen molar-refractivity contribution in [3.05, 3.63) is 46.9 Å². The Kier molecular flexibility index (Phi) is 7.20. The van der Waals surface area contributed by atoms with Crippen LogP contribution >= 0.6 is 0 Å². The van der Waals surface area contributed by atoms with Crippen LogP contribution in [0.1, 0.15) is 47.3 Å². The average Bonchev–Trinajstić information content (AvgIpc) is 2.71. The highest BCUT2D eigenvalue weighted by atomic mass is 19.4. The minimum atomic E-state index is -4.79. The van der Waals surface area contributed by atoms with E-state index in [9.17, 15) is 22.4 Å². The first kappa shape index (κ1) is 23.7. The predicted octanol–water partition coefficient (Wildman–Crippen LogP) is 4.41. The van der Waals surface area contributed by atoms with E-state index < -0.39 is 23.5 Å². The molecule has 1 saturated carbocycles. The molecule has 1 aliphatic carbocycles. The van der Waals surface area contributed by atoms with E-state index in [4.69, 9.17) is 0 Å². The summed E-state index contributed by atoms with van der Waals surface area (Å²) in [7, 11) is 3.83. The molecular formula is C22H27F4N5O. The summed E-state index contributed by atoms with van der Waals surface area (Å²) in [4.78, 5) is 23.1. The monoisotopic (exact) mass is 453 g/mol. The highest BCUT2D eigenvalue weighted by molar-refractivity contribution is 5.94. The Morgan fingerprint density at radius 2 is 1.81 bits per heavy atom. The normalized spacial score (nSPS) is 18.8. The lowest BCUT2D eigenvalue weighted by Crippen LogP contribution is -2.38. The molecule has 1 aliphatic rings. The number of hydrogen-bond acceptors (Lipinski definition) is 5. The van der Waals surface area contributed by atoms with Gasteiger partial charge in [0.15, 0.2) is 0 Å². The highest BCUT2D eigenvalue weighted by Gasteiger charge is 2.34. The van der Waals surface area contributed by atoms with Gasteiger partial charge in [-0.3, -0.25) is 4.79 Å². The molecular weight excluding hydrogens is 426 g/mol. The van der Waals surface area contributed by atoms with E-state index in [0.717, 1.165) is 43.3 Å². The third kappa shape index (κ3) is 6.08. The van der Waals surface area contributed by atoms with Crippen molar-refractivity contribution in [1.82, 2.24) is 15.3 Å². The molecule has 0 spiro atoms. The van der Waals surface area contributed by atoms with E-state index in [-0.39, 0.29) is 11.6 Å². The Morgan fingerprint density at radius 1 is 1.12 bits per heavy atom. The number of carbonyl (C=O) groups excluding carboxylic acids is 1. The van der Waals surface area contributed by atoms with Crippen LogP contribution in [0.2, 0.25) is 0 Å². The lowest BCUT2D eigenvalue weighted by molar-refractivity contribution is -0.140. The van der Waals surface area contributed by atoms with Gasteiger partial charge in [0.1, 0.15) is 11.6 Å². The number of aryl methyl sites for hydroxylation is 1. The van der Waals surface area contributed by atoms with E-state index >= 15 is 0 Å². The molecule has 6 nitrogen and oxygen atoms in total. The van der Waals surface area contributed by atoms with Gasteiger partial charge in [-0.05, 0) is 56.7 Å². The zero-order chi connectivity index (χ0) is 23.5. The van der Waals surface area contributed by atoms with Gasteiger partial charge >= 0.3 is 6.18 Å². The third-order valence-electron chi connectivity index (χ3n) is 5.57. The SMILES string of the molecule is Cc1cc(N(C)C)nc(NCC2CCC(NC(=O)c3ccc(C(F)(F)F)c(F)c3)CC2)n1. The summed E-state index contributed by atoms with van der Waals surface area (Å²) in [5.41, 5.74) is -0.623. The molecule has 1 heterocycles. The van der Waals surface area contributed by atoms with Crippen molar-refractivity contribution in [2.75, 3.05) is 30.9 Å². The molecule has 0 radical (unpaired) electrons. The Labute approximate surface area is 184 Å². The number of hydrogen-bond donors (Lipinski definition) is 2. The predicted molar refractivity (Wildman–Crippen MR) is 114 cm³/mol. The first-order valence-electron chi connectivity index (χ1n) is 10.5. The van der Waals surface area contributed by atoms with Gasteiger partial charge < -0.3 is 15.5 Å². The van der Waals surface area contributed by atoms with Crippen molar-refractivity contribution in [3.63, 3.8) is 0 Å². The Balaban J connectivity index is 1.49. The van der Waals surface area contributed by atoms with Crippen LogP contribution in [0, 0.1) is 18.7 Å². The highest BCUT2D eigenvalue weighted by Crippen LogP contribution is 2.31. The van der Waals surface area contributed by atoms with E-state index in [2.05, 4.69) is 20.6 Å². The van der Waals surface area contributed by atoms with Crippen molar-refractivity contribution in [2.24, 2.45) is 5.92 Å². The second-order valence-corrected chi connectivity index (χ2v) is 8.35. The minimum absolute atomic E-state index is 0.0975. The zero-order valence-electron chi connectivity index (χ0n) is 18.3. The van der Waals surface area contributed by atoms with E-state index in [1.54, 1.807) is 0 Å². The molecule has 2 aromatic rings. The number of amides is 1. The first-order valence-corrected chi connectivity index (χ1v) is 10.5. The number of carbonyl (C=O) groups is 1. The molecule has 0 aliphatic heterocycles. The molecule has 174 valence electrons. The molecule has 1 amide bonds. The van der Waals surface area contributed by atoms with Gasteiger partial charge in [-0.15, -0.1) is 0 Å². The summed E-state index contributed by atoms with van der Waals surface area (Å²) in [5, 5.41) is 6.09. The summed E-state index contributed by atoms with van der Waals surface area (Å²) >= 11 is 0. The van der Waals surface area contributed by atoms with E-state index in [1.807, 2.05) is 32.0 Å². The molecule has 3 rings (SSSR count). The van der Waals surface area contributed by atoms with Crippen molar-refractivity contribution >= 4 is 17.7 Å². The Bertz CT molecular complexity index is 956. The number of nitrogens with one attached hydrogen (secondary N) is 2. The van der Waals surface area contributed by atoms with E-state index in [0.29, 0.717) is 30.5 Å². The summed E-state index contributed by atoms with van der Waals surface area (Å²) in [5.74, 6) is -0.225. The van der Waals surface area contributed by atoms with Crippen LogP contribution in [0.15, 0.2) is 24.3 Å². The van der Waals surface area contributed by atoms with Crippen LogP contribution < -0.4 is 15.5 Å². The first-order chi connectivity index (χ1) is 15.0. The lowest BCUT2D eigenvalue weighted by atomic mass is 9.86. The maximum absolute atomic E-state index is 13.7. The van der Waals surface area contributed by atoms with Crippen molar-refractivity contribution in [1.29, 1.82) is 0 Å². The zero-order valence-corrected chi connectivity index (χ0v) is 18.3. The van der Waals surface area contributed by atoms with Gasteiger partial charge in [-0.2, -0.15) is 18.2 Å². The largest absolute Gasteiger partial charge is 0.419 e. The van der Waals surface area contributed by atoms with Gasteiger partial charge in [0.25, 0.3) is 5.91 Å². The number of rotatable bonds is 6.